The van der Waals surface area contributed by atoms with Gasteiger partial charge in [0.15, 0.2) is 0 Å². The van der Waals surface area contributed by atoms with Gasteiger partial charge in [0.05, 0.1) is 11.0 Å². The highest BCUT2D eigenvalue weighted by molar-refractivity contribution is 7.89. The number of rotatable bonds is 5. The molecule has 0 fully saturated rings. The molecule has 2 unspecified atom stereocenters. The van der Waals surface area contributed by atoms with Gasteiger partial charge in [0.1, 0.15) is 6.10 Å². The molecule has 96 valence electrons. The molecular formula is C10H15NO4S2. The van der Waals surface area contributed by atoms with Gasteiger partial charge in [-0.3, -0.25) is 0 Å². The standard InChI is InChI=1S/C10H15NO4S2/c11-17(14,15)8-3-1-2-7(6-8)10(13)9(12)4-5-16/h1-3,6,9-10,12-13,16H,4-5H2,(H2,11,14,15). The third kappa shape index (κ3) is 3.97. The number of hydrogen-bond donors (Lipinski definition) is 4. The zero-order valence-corrected chi connectivity index (χ0v) is 10.7. The Bertz CT molecular complexity index is 475. The Kier molecular flexibility index (Phi) is 4.96. The van der Waals surface area contributed by atoms with Gasteiger partial charge in [-0.2, -0.15) is 12.6 Å². The summed E-state index contributed by atoms with van der Waals surface area (Å²) in [5.74, 6) is 0.424. The number of primary sulfonamides is 1. The predicted octanol–water partition coefficient (Wildman–Crippen LogP) is 0.0482. The molecule has 5 nitrogen and oxygen atoms in total. The fraction of sp³-hybridized carbons (Fsp3) is 0.400. The zero-order chi connectivity index (χ0) is 13.1. The molecule has 0 radical (unpaired) electrons. The summed E-state index contributed by atoms with van der Waals surface area (Å²) in [5, 5.41) is 24.4. The smallest absolute Gasteiger partial charge is 0.238 e. The number of thiol groups is 1. The first kappa shape index (κ1) is 14.5. The summed E-state index contributed by atoms with van der Waals surface area (Å²) < 4.78 is 22.2. The zero-order valence-electron chi connectivity index (χ0n) is 9.02. The van der Waals surface area contributed by atoms with Crippen LogP contribution >= 0.6 is 12.6 Å². The highest BCUT2D eigenvalue weighted by Crippen LogP contribution is 2.21. The summed E-state index contributed by atoms with van der Waals surface area (Å²) in [6.07, 6.45) is -1.82. The van der Waals surface area contributed by atoms with Gasteiger partial charge in [-0.25, -0.2) is 13.6 Å². The largest absolute Gasteiger partial charge is 0.390 e. The molecule has 0 amide bonds. The lowest BCUT2D eigenvalue weighted by Crippen LogP contribution is -2.19. The van der Waals surface area contributed by atoms with Gasteiger partial charge in [0, 0.05) is 0 Å². The Labute approximate surface area is 106 Å². The lowest BCUT2D eigenvalue weighted by molar-refractivity contribution is 0.0171. The van der Waals surface area contributed by atoms with E-state index in [-0.39, 0.29) is 4.90 Å². The second-order valence-corrected chi connectivity index (χ2v) is 5.65. The van der Waals surface area contributed by atoms with E-state index in [1.807, 2.05) is 0 Å². The molecule has 0 saturated carbocycles. The minimum atomic E-state index is -3.80. The molecule has 0 aliphatic heterocycles. The summed E-state index contributed by atoms with van der Waals surface area (Å²) in [7, 11) is -3.80. The molecule has 0 aliphatic rings. The molecule has 0 spiro atoms. The van der Waals surface area contributed by atoms with Crippen molar-refractivity contribution in [3.8, 4) is 0 Å². The average molecular weight is 277 g/mol. The fourth-order valence-corrected chi connectivity index (χ4v) is 2.22. The summed E-state index contributed by atoms with van der Waals surface area (Å²) in [4.78, 5) is -0.0906. The van der Waals surface area contributed by atoms with E-state index in [1.54, 1.807) is 0 Å². The van der Waals surface area contributed by atoms with E-state index >= 15 is 0 Å². The third-order valence-corrected chi connectivity index (χ3v) is 3.49. The highest BCUT2D eigenvalue weighted by atomic mass is 32.2. The molecule has 0 aliphatic carbocycles. The van der Waals surface area contributed by atoms with Crippen molar-refractivity contribution in [2.75, 3.05) is 5.75 Å². The molecular weight excluding hydrogens is 262 g/mol. The van der Waals surface area contributed by atoms with Gasteiger partial charge in [-0.05, 0) is 29.9 Å². The molecule has 1 aromatic rings. The fourth-order valence-electron chi connectivity index (χ4n) is 1.39. The lowest BCUT2D eigenvalue weighted by atomic mass is 10.0. The van der Waals surface area contributed by atoms with Crippen molar-refractivity contribution in [2.45, 2.75) is 23.5 Å². The topological polar surface area (TPSA) is 101 Å². The SMILES string of the molecule is NS(=O)(=O)c1cccc(C(O)C(O)CCS)c1. The minimum absolute atomic E-state index is 0.0906. The maximum Gasteiger partial charge on any atom is 0.238 e. The quantitative estimate of drug-likeness (QED) is 0.571. The van der Waals surface area contributed by atoms with Crippen LogP contribution in [0.25, 0.3) is 0 Å². The van der Waals surface area contributed by atoms with Crippen LogP contribution in [0.5, 0.6) is 0 Å². The predicted molar refractivity (Wildman–Crippen MR) is 67.3 cm³/mol. The van der Waals surface area contributed by atoms with Gasteiger partial charge in [0.25, 0.3) is 0 Å². The number of hydrogen-bond acceptors (Lipinski definition) is 5. The Hall–Kier alpha value is -0.600. The maximum absolute atomic E-state index is 11.1. The second kappa shape index (κ2) is 5.83. The normalized spacial score (nSPS) is 15.5. The first-order chi connectivity index (χ1) is 7.86. The van der Waals surface area contributed by atoms with Crippen LogP contribution in [-0.4, -0.2) is 30.5 Å². The monoisotopic (exact) mass is 277 g/mol. The number of aliphatic hydroxyl groups is 2. The van der Waals surface area contributed by atoms with E-state index in [1.165, 1.54) is 24.3 Å². The van der Waals surface area contributed by atoms with Crippen molar-refractivity contribution in [1.82, 2.24) is 0 Å². The van der Waals surface area contributed by atoms with E-state index in [0.717, 1.165) is 0 Å². The maximum atomic E-state index is 11.1. The number of nitrogens with two attached hydrogens (primary N) is 1. The molecule has 0 heterocycles. The molecule has 0 bridgehead atoms. The number of sulfonamides is 1. The Morgan fingerprint density at radius 1 is 1.35 bits per heavy atom. The van der Waals surface area contributed by atoms with Crippen molar-refractivity contribution in [1.29, 1.82) is 0 Å². The van der Waals surface area contributed by atoms with E-state index in [9.17, 15) is 18.6 Å². The van der Waals surface area contributed by atoms with Crippen LogP contribution in [0.4, 0.5) is 0 Å². The summed E-state index contributed by atoms with van der Waals surface area (Å²) in [6, 6.07) is 5.57. The van der Waals surface area contributed by atoms with Crippen molar-refractivity contribution in [3.05, 3.63) is 29.8 Å². The van der Waals surface area contributed by atoms with E-state index in [0.29, 0.717) is 17.7 Å². The summed E-state index contributed by atoms with van der Waals surface area (Å²) in [5.41, 5.74) is 0.311. The van der Waals surface area contributed by atoms with Crippen LogP contribution in [0.3, 0.4) is 0 Å². The van der Waals surface area contributed by atoms with Gasteiger partial charge in [-0.1, -0.05) is 12.1 Å². The first-order valence-corrected chi connectivity index (χ1v) is 7.14. The summed E-state index contributed by atoms with van der Waals surface area (Å²) in [6.45, 7) is 0. The highest BCUT2D eigenvalue weighted by Gasteiger charge is 2.19. The van der Waals surface area contributed by atoms with Crippen LogP contribution < -0.4 is 5.14 Å². The van der Waals surface area contributed by atoms with E-state index in [4.69, 9.17) is 5.14 Å². The lowest BCUT2D eigenvalue weighted by Gasteiger charge is -2.17. The minimum Gasteiger partial charge on any atom is -0.390 e. The third-order valence-electron chi connectivity index (χ3n) is 2.32. The van der Waals surface area contributed by atoms with Crippen LogP contribution in [0.1, 0.15) is 18.1 Å². The van der Waals surface area contributed by atoms with Gasteiger partial charge < -0.3 is 10.2 Å². The van der Waals surface area contributed by atoms with Crippen molar-refractivity contribution in [3.63, 3.8) is 0 Å². The van der Waals surface area contributed by atoms with Crippen molar-refractivity contribution < 1.29 is 18.6 Å². The van der Waals surface area contributed by atoms with Crippen molar-refractivity contribution in [2.24, 2.45) is 5.14 Å². The number of benzene rings is 1. The molecule has 0 saturated heterocycles. The number of aliphatic hydroxyl groups excluding tert-OH is 2. The Morgan fingerprint density at radius 3 is 2.53 bits per heavy atom. The Balaban J connectivity index is 3.00. The van der Waals surface area contributed by atoms with Crippen LogP contribution in [0.2, 0.25) is 0 Å². The van der Waals surface area contributed by atoms with Gasteiger partial charge >= 0.3 is 0 Å². The Morgan fingerprint density at radius 2 is 2.00 bits per heavy atom. The van der Waals surface area contributed by atoms with Crippen LogP contribution in [-0.2, 0) is 10.0 Å². The summed E-state index contributed by atoms with van der Waals surface area (Å²) >= 11 is 3.95. The molecule has 1 aromatic carbocycles. The van der Waals surface area contributed by atoms with Gasteiger partial charge in [-0.15, -0.1) is 0 Å². The molecule has 0 aromatic heterocycles. The second-order valence-electron chi connectivity index (χ2n) is 3.64. The van der Waals surface area contributed by atoms with E-state index < -0.39 is 22.2 Å². The average Bonchev–Trinajstić information content (AvgIpc) is 2.27. The molecule has 7 heteroatoms. The van der Waals surface area contributed by atoms with Crippen LogP contribution in [0, 0.1) is 0 Å². The van der Waals surface area contributed by atoms with Crippen molar-refractivity contribution >= 4 is 22.7 Å². The van der Waals surface area contributed by atoms with E-state index in [2.05, 4.69) is 12.6 Å². The molecule has 2 atom stereocenters. The molecule has 17 heavy (non-hydrogen) atoms. The molecule has 4 N–H and O–H groups in total. The first-order valence-electron chi connectivity index (χ1n) is 4.96. The molecule has 1 rings (SSSR count). The van der Waals surface area contributed by atoms with Gasteiger partial charge in [0.2, 0.25) is 10.0 Å². The van der Waals surface area contributed by atoms with Crippen LogP contribution in [0.15, 0.2) is 29.2 Å².